The van der Waals surface area contributed by atoms with Crippen molar-refractivity contribution in [1.82, 2.24) is 29.9 Å². The van der Waals surface area contributed by atoms with Gasteiger partial charge in [0.05, 0.1) is 17.0 Å². The molecule has 2 saturated heterocycles. The Labute approximate surface area is 318 Å². The number of aromatic nitrogens is 1. The minimum absolute atomic E-state index is 0.0326. The monoisotopic (exact) mass is 762 g/mol. The van der Waals surface area contributed by atoms with Crippen LogP contribution in [-0.4, -0.2) is 101 Å². The summed E-state index contributed by atoms with van der Waals surface area (Å²) in [5, 5.41) is 3.71. The SMILES string of the molecule is CC[C@]12c3[nH]c4cc(CCC(=O)N(C)C)ccc4c3CCN1C(=O)[C@@H](CC(=O)NCc1cccc(C(F)(F)F)c1)C[C@@H]2C(=O)N1CCN(C(=O)C2CC2)CC1. The minimum Gasteiger partial charge on any atom is -0.356 e. The lowest BCUT2D eigenvalue weighted by atomic mass is 9.65. The van der Waals surface area contributed by atoms with Crippen LogP contribution in [0.25, 0.3) is 10.9 Å². The third-order valence-electron chi connectivity index (χ3n) is 12.2. The fourth-order valence-corrected chi connectivity index (χ4v) is 8.99. The van der Waals surface area contributed by atoms with E-state index in [0.717, 1.165) is 52.7 Å². The lowest BCUT2D eigenvalue weighted by Crippen LogP contribution is -2.66. The van der Waals surface area contributed by atoms with E-state index in [2.05, 4.69) is 10.3 Å². The van der Waals surface area contributed by atoms with Crippen LogP contribution in [0.1, 0.15) is 73.4 Å². The van der Waals surface area contributed by atoms with Crippen LogP contribution in [0.3, 0.4) is 0 Å². The number of piperazine rings is 1. The molecule has 294 valence electrons. The smallest absolute Gasteiger partial charge is 0.356 e. The number of amides is 5. The number of alkyl halides is 3. The highest BCUT2D eigenvalue weighted by molar-refractivity contribution is 5.93. The van der Waals surface area contributed by atoms with Gasteiger partial charge < -0.3 is 29.9 Å². The van der Waals surface area contributed by atoms with Gasteiger partial charge >= 0.3 is 6.18 Å². The van der Waals surface area contributed by atoms with Crippen molar-refractivity contribution in [1.29, 1.82) is 0 Å². The molecule has 0 radical (unpaired) electrons. The molecule has 2 aromatic carbocycles. The Morgan fingerprint density at radius 2 is 1.65 bits per heavy atom. The first-order chi connectivity index (χ1) is 26.2. The molecule has 14 heteroatoms. The number of hydrogen-bond acceptors (Lipinski definition) is 5. The van der Waals surface area contributed by atoms with E-state index in [1.807, 2.05) is 30.0 Å². The Kier molecular flexibility index (Phi) is 10.5. The second kappa shape index (κ2) is 15.0. The number of hydrogen-bond donors (Lipinski definition) is 2. The van der Waals surface area contributed by atoms with Crippen molar-refractivity contribution in [2.24, 2.45) is 17.8 Å². The molecule has 2 N–H and O–H groups in total. The number of carbonyl (C=O) groups excluding carboxylic acids is 5. The van der Waals surface area contributed by atoms with Crippen molar-refractivity contribution >= 4 is 40.4 Å². The molecule has 11 nitrogen and oxygen atoms in total. The molecule has 3 atom stereocenters. The lowest BCUT2D eigenvalue weighted by molar-refractivity contribution is -0.168. The predicted molar refractivity (Wildman–Crippen MR) is 198 cm³/mol. The normalized spacial score (nSPS) is 22.7. The fraction of sp³-hybridized carbons (Fsp3) is 0.537. The highest BCUT2D eigenvalue weighted by Crippen LogP contribution is 2.52. The summed E-state index contributed by atoms with van der Waals surface area (Å²) in [6, 6.07) is 10.9. The van der Waals surface area contributed by atoms with Crippen LogP contribution in [0.15, 0.2) is 42.5 Å². The number of fused-ring (bicyclic) bond motifs is 5. The maximum atomic E-state index is 14.9. The summed E-state index contributed by atoms with van der Waals surface area (Å²) in [7, 11) is 3.46. The number of halogens is 3. The summed E-state index contributed by atoms with van der Waals surface area (Å²) in [5.74, 6) is -2.10. The van der Waals surface area contributed by atoms with Crippen LogP contribution in [-0.2, 0) is 55.1 Å². The average molecular weight is 763 g/mol. The van der Waals surface area contributed by atoms with Crippen molar-refractivity contribution in [3.63, 3.8) is 0 Å². The van der Waals surface area contributed by atoms with Gasteiger partial charge in [0.15, 0.2) is 0 Å². The maximum Gasteiger partial charge on any atom is 0.416 e. The first-order valence-electron chi connectivity index (χ1n) is 19.4. The molecule has 55 heavy (non-hydrogen) atoms. The molecule has 4 aliphatic rings. The fourth-order valence-electron chi connectivity index (χ4n) is 8.99. The van der Waals surface area contributed by atoms with E-state index < -0.39 is 35.0 Å². The third kappa shape index (κ3) is 7.43. The Morgan fingerprint density at radius 1 is 0.945 bits per heavy atom. The Bertz CT molecular complexity index is 2000. The molecule has 3 aromatic rings. The number of rotatable bonds is 10. The van der Waals surface area contributed by atoms with Gasteiger partial charge in [0.1, 0.15) is 0 Å². The Hall–Kier alpha value is -4.88. The number of benzene rings is 2. The lowest BCUT2D eigenvalue weighted by Gasteiger charge is -2.56. The molecule has 7 rings (SSSR count). The molecule has 3 fully saturated rings. The van der Waals surface area contributed by atoms with Gasteiger partial charge in [-0.05, 0) is 73.4 Å². The highest BCUT2D eigenvalue weighted by Gasteiger charge is 2.59. The molecule has 5 amide bonds. The summed E-state index contributed by atoms with van der Waals surface area (Å²) < 4.78 is 39.9. The van der Waals surface area contributed by atoms with Gasteiger partial charge in [-0.2, -0.15) is 13.2 Å². The number of aryl methyl sites for hydroxylation is 1. The first-order valence-corrected chi connectivity index (χ1v) is 19.4. The van der Waals surface area contributed by atoms with Crippen molar-refractivity contribution in [3.8, 4) is 0 Å². The Balaban J connectivity index is 1.17. The molecule has 3 aliphatic heterocycles. The van der Waals surface area contributed by atoms with Gasteiger partial charge in [-0.3, -0.25) is 24.0 Å². The summed E-state index contributed by atoms with van der Waals surface area (Å²) >= 11 is 0. The van der Waals surface area contributed by atoms with E-state index in [4.69, 9.17) is 0 Å². The maximum absolute atomic E-state index is 14.9. The topological polar surface area (TPSA) is 126 Å². The second-order valence-corrected chi connectivity index (χ2v) is 15.8. The van der Waals surface area contributed by atoms with Crippen LogP contribution >= 0.6 is 0 Å². The quantitative estimate of drug-likeness (QED) is 0.312. The zero-order valence-corrected chi connectivity index (χ0v) is 31.6. The molecule has 1 saturated carbocycles. The molecule has 1 aliphatic carbocycles. The van der Waals surface area contributed by atoms with Crippen LogP contribution in [0, 0.1) is 17.8 Å². The molecule has 0 spiro atoms. The van der Waals surface area contributed by atoms with Crippen LogP contribution in [0.5, 0.6) is 0 Å². The van der Waals surface area contributed by atoms with Crippen molar-refractivity contribution in [3.05, 3.63) is 70.4 Å². The van der Waals surface area contributed by atoms with Crippen LogP contribution < -0.4 is 5.32 Å². The molecule has 4 heterocycles. The highest BCUT2D eigenvalue weighted by atomic mass is 19.4. The summed E-state index contributed by atoms with van der Waals surface area (Å²) in [4.78, 5) is 78.6. The molecular formula is C41H49F3N6O5. The van der Waals surface area contributed by atoms with E-state index in [1.165, 1.54) is 12.1 Å². The Morgan fingerprint density at radius 3 is 2.31 bits per heavy atom. The predicted octanol–water partition coefficient (Wildman–Crippen LogP) is 4.62. The van der Waals surface area contributed by atoms with Gasteiger partial charge in [-0.25, -0.2) is 0 Å². The summed E-state index contributed by atoms with van der Waals surface area (Å²) in [5.41, 5.74) is 2.18. The van der Waals surface area contributed by atoms with Gasteiger partial charge in [0, 0.05) is 94.6 Å². The van der Waals surface area contributed by atoms with E-state index >= 15 is 0 Å². The number of aromatic amines is 1. The molecule has 0 unspecified atom stereocenters. The number of H-pyrrole nitrogens is 1. The van der Waals surface area contributed by atoms with E-state index in [0.29, 0.717) is 58.4 Å². The van der Waals surface area contributed by atoms with Gasteiger partial charge in [-0.15, -0.1) is 0 Å². The average Bonchev–Trinajstić information content (AvgIpc) is 3.96. The summed E-state index contributed by atoms with van der Waals surface area (Å²) in [6.45, 7) is 3.81. The molecule has 1 aromatic heterocycles. The molecular weight excluding hydrogens is 713 g/mol. The largest absolute Gasteiger partial charge is 0.416 e. The van der Waals surface area contributed by atoms with E-state index in [9.17, 15) is 37.1 Å². The minimum atomic E-state index is -4.52. The number of piperidine rings is 1. The van der Waals surface area contributed by atoms with Gasteiger partial charge in [0.25, 0.3) is 0 Å². The van der Waals surface area contributed by atoms with Crippen molar-refractivity contribution in [2.75, 3.05) is 46.8 Å². The number of nitrogens with one attached hydrogen (secondary N) is 2. The van der Waals surface area contributed by atoms with Gasteiger partial charge in [0.2, 0.25) is 29.5 Å². The van der Waals surface area contributed by atoms with Crippen molar-refractivity contribution in [2.45, 2.75) is 76.6 Å². The zero-order chi connectivity index (χ0) is 39.2. The van der Waals surface area contributed by atoms with E-state index in [-0.39, 0.29) is 54.5 Å². The zero-order valence-electron chi connectivity index (χ0n) is 31.6. The van der Waals surface area contributed by atoms with E-state index in [1.54, 1.807) is 28.8 Å². The van der Waals surface area contributed by atoms with Crippen molar-refractivity contribution < 1.29 is 37.1 Å². The van der Waals surface area contributed by atoms with Gasteiger partial charge in [-0.1, -0.05) is 31.2 Å². The van der Waals surface area contributed by atoms with Crippen LogP contribution in [0.4, 0.5) is 13.2 Å². The summed E-state index contributed by atoms with van der Waals surface area (Å²) in [6.07, 6.45) is -0.898. The second-order valence-electron chi connectivity index (χ2n) is 15.8. The van der Waals surface area contributed by atoms with Crippen LogP contribution in [0.2, 0.25) is 0 Å². The number of nitrogens with zero attached hydrogens (tertiary/aromatic N) is 4. The third-order valence-corrected chi connectivity index (χ3v) is 12.2. The molecule has 0 bridgehead atoms. The standard InChI is InChI=1S/C41H49F3N6O5/c1-4-40-32(39(55)49-18-16-48(17-19-49)37(53)27-10-11-27)22-28(23-34(51)45-24-26-6-5-7-29(20-26)41(42,43)44)38(54)50(40)15-14-31-30-12-8-25(9-13-35(52)47(2)3)21-33(30)46-36(31)40/h5-8,12,20-21,27-28,32,46H,4,9-11,13-19,22-24H2,1-3H3,(H,45,51)/t28-,32-,40+/m1/s1. The first kappa shape index (κ1) is 38.4. The number of carbonyl (C=O) groups is 5.